The van der Waals surface area contributed by atoms with Crippen molar-refractivity contribution in [2.24, 2.45) is 10.9 Å². The summed E-state index contributed by atoms with van der Waals surface area (Å²) in [7, 11) is 4.00. The monoisotopic (exact) mass is 517 g/mol. The Morgan fingerprint density at radius 3 is 2.64 bits per heavy atom. The fraction of sp³-hybridized carbons (Fsp3) is 0.500. The topological polar surface area (TPSA) is 61.8 Å². The normalized spacial score (nSPS) is 12.2. The van der Waals surface area contributed by atoms with E-state index < -0.39 is 0 Å². The van der Waals surface area contributed by atoms with E-state index in [4.69, 9.17) is 4.74 Å². The maximum atomic E-state index is 5.81. The number of thiazole rings is 1. The van der Waals surface area contributed by atoms with Crippen molar-refractivity contribution in [2.45, 2.75) is 27.0 Å². The summed E-state index contributed by atoms with van der Waals surface area (Å²) in [5, 5.41) is 9.74. The van der Waals surface area contributed by atoms with Gasteiger partial charge in [-0.1, -0.05) is 37.3 Å². The number of aliphatic imine (C=N–C) groups is 1. The molecule has 1 unspecified atom stereocenters. The molecule has 0 spiro atoms. The van der Waals surface area contributed by atoms with Crippen LogP contribution in [0.2, 0.25) is 0 Å². The molecule has 2 N–H and O–H groups in total. The minimum Gasteiger partial charge on any atom is -0.376 e. The average Bonchev–Trinajstić information content (AvgIpc) is 3.14. The lowest BCUT2D eigenvalue weighted by molar-refractivity contribution is 0.0931. The van der Waals surface area contributed by atoms with E-state index >= 15 is 0 Å². The second-order valence-corrected chi connectivity index (χ2v) is 7.53. The summed E-state index contributed by atoms with van der Waals surface area (Å²) in [5.41, 5.74) is 2.19. The number of guanidine groups is 1. The highest BCUT2D eigenvalue weighted by Crippen LogP contribution is 2.18. The van der Waals surface area contributed by atoms with Gasteiger partial charge < -0.3 is 20.3 Å². The highest BCUT2D eigenvalue weighted by atomic mass is 127. The van der Waals surface area contributed by atoms with E-state index in [1.165, 1.54) is 5.56 Å². The Labute approximate surface area is 189 Å². The average molecular weight is 517 g/mol. The molecule has 1 atom stereocenters. The summed E-state index contributed by atoms with van der Waals surface area (Å²) in [4.78, 5) is 11.2. The molecular formula is C20H32IN5OS. The predicted octanol–water partition coefficient (Wildman–Crippen LogP) is 3.74. The summed E-state index contributed by atoms with van der Waals surface area (Å²) in [6, 6.07) is 10.3. The molecule has 6 nitrogen and oxygen atoms in total. The van der Waals surface area contributed by atoms with E-state index in [1.54, 1.807) is 11.3 Å². The minimum absolute atomic E-state index is 0. The molecule has 0 fully saturated rings. The van der Waals surface area contributed by atoms with Crippen molar-refractivity contribution in [3.05, 3.63) is 47.0 Å². The van der Waals surface area contributed by atoms with Crippen LogP contribution in [0.15, 0.2) is 40.7 Å². The van der Waals surface area contributed by atoms with Gasteiger partial charge in [-0.2, -0.15) is 0 Å². The van der Waals surface area contributed by atoms with Crippen molar-refractivity contribution < 1.29 is 4.74 Å². The van der Waals surface area contributed by atoms with Crippen LogP contribution in [0.1, 0.15) is 25.1 Å². The second kappa shape index (κ2) is 13.7. The molecule has 0 aliphatic rings. The first-order valence-corrected chi connectivity index (χ1v) is 10.2. The van der Waals surface area contributed by atoms with Gasteiger partial charge in [0.05, 0.1) is 25.5 Å². The summed E-state index contributed by atoms with van der Waals surface area (Å²) in [6.45, 7) is 7.79. The molecule has 156 valence electrons. The maximum absolute atomic E-state index is 5.81. The van der Waals surface area contributed by atoms with E-state index in [0.717, 1.165) is 29.9 Å². The van der Waals surface area contributed by atoms with Crippen molar-refractivity contribution in [1.82, 2.24) is 15.6 Å². The van der Waals surface area contributed by atoms with E-state index in [-0.39, 0.29) is 24.0 Å². The number of hydrogen-bond donors (Lipinski definition) is 2. The SMILES string of the molecule is CCNC(=NCc1csc(N(C)C)n1)NCC(C)COCc1ccccc1.I. The molecule has 2 rings (SSSR count). The van der Waals surface area contributed by atoms with Gasteiger partial charge in [0.1, 0.15) is 0 Å². The Hall–Kier alpha value is -1.39. The minimum atomic E-state index is 0. The van der Waals surface area contributed by atoms with Crippen LogP contribution in [-0.4, -0.2) is 44.7 Å². The molecule has 28 heavy (non-hydrogen) atoms. The third-order valence-electron chi connectivity index (χ3n) is 3.80. The third-order valence-corrected chi connectivity index (χ3v) is 4.85. The molecule has 0 bridgehead atoms. The van der Waals surface area contributed by atoms with Crippen LogP contribution in [0.3, 0.4) is 0 Å². The summed E-state index contributed by atoms with van der Waals surface area (Å²) < 4.78 is 5.81. The van der Waals surface area contributed by atoms with Crippen LogP contribution in [0.25, 0.3) is 0 Å². The first kappa shape index (κ1) is 24.6. The van der Waals surface area contributed by atoms with Crippen LogP contribution in [-0.2, 0) is 17.9 Å². The van der Waals surface area contributed by atoms with Crippen LogP contribution >= 0.6 is 35.3 Å². The zero-order chi connectivity index (χ0) is 19.5. The van der Waals surface area contributed by atoms with E-state index in [1.807, 2.05) is 37.2 Å². The number of hydrogen-bond acceptors (Lipinski definition) is 5. The quantitative estimate of drug-likeness (QED) is 0.286. The number of halogens is 1. The molecule has 0 radical (unpaired) electrons. The first-order valence-electron chi connectivity index (χ1n) is 9.34. The number of rotatable bonds is 10. The summed E-state index contributed by atoms with van der Waals surface area (Å²) >= 11 is 1.64. The van der Waals surface area contributed by atoms with Gasteiger partial charge in [0.25, 0.3) is 0 Å². The highest BCUT2D eigenvalue weighted by Gasteiger charge is 2.06. The van der Waals surface area contributed by atoms with Gasteiger partial charge >= 0.3 is 0 Å². The molecule has 1 aromatic heterocycles. The predicted molar refractivity (Wildman–Crippen MR) is 130 cm³/mol. The Morgan fingerprint density at radius 1 is 1.25 bits per heavy atom. The maximum Gasteiger partial charge on any atom is 0.191 e. The van der Waals surface area contributed by atoms with Gasteiger partial charge in [-0.25, -0.2) is 9.98 Å². The highest BCUT2D eigenvalue weighted by molar-refractivity contribution is 14.0. The summed E-state index contributed by atoms with van der Waals surface area (Å²) in [5.74, 6) is 1.20. The largest absolute Gasteiger partial charge is 0.376 e. The van der Waals surface area contributed by atoms with Crippen LogP contribution < -0.4 is 15.5 Å². The van der Waals surface area contributed by atoms with E-state index in [0.29, 0.717) is 25.7 Å². The number of aromatic nitrogens is 1. The van der Waals surface area contributed by atoms with Gasteiger partial charge in [0.15, 0.2) is 11.1 Å². The van der Waals surface area contributed by atoms with E-state index in [2.05, 4.69) is 52.0 Å². The fourth-order valence-corrected chi connectivity index (χ4v) is 3.11. The van der Waals surface area contributed by atoms with Gasteiger partial charge in [-0.05, 0) is 18.4 Å². The van der Waals surface area contributed by atoms with E-state index in [9.17, 15) is 0 Å². The molecule has 0 aliphatic carbocycles. The molecule has 2 aromatic rings. The molecule has 8 heteroatoms. The van der Waals surface area contributed by atoms with Gasteiger partial charge in [0.2, 0.25) is 0 Å². The Bertz CT molecular complexity index is 693. The molecule has 0 aliphatic heterocycles. The third kappa shape index (κ3) is 9.20. The Balaban J connectivity index is 0.00000392. The smallest absolute Gasteiger partial charge is 0.191 e. The van der Waals surface area contributed by atoms with Gasteiger partial charge in [-0.15, -0.1) is 35.3 Å². The van der Waals surface area contributed by atoms with Crippen molar-refractivity contribution in [3.63, 3.8) is 0 Å². The van der Waals surface area contributed by atoms with Crippen LogP contribution in [0, 0.1) is 5.92 Å². The van der Waals surface area contributed by atoms with Crippen molar-refractivity contribution in [2.75, 3.05) is 38.7 Å². The number of ether oxygens (including phenoxy) is 1. The lowest BCUT2D eigenvalue weighted by Gasteiger charge is -2.16. The lowest BCUT2D eigenvalue weighted by Crippen LogP contribution is -2.40. The van der Waals surface area contributed by atoms with Crippen molar-refractivity contribution in [1.29, 1.82) is 0 Å². The second-order valence-electron chi connectivity index (χ2n) is 6.70. The van der Waals surface area contributed by atoms with Crippen LogP contribution in [0.4, 0.5) is 5.13 Å². The summed E-state index contributed by atoms with van der Waals surface area (Å²) in [6.07, 6.45) is 0. The van der Waals surface area contributed by atoms with Gasteiger partial charge in [-0.3, -0.25) is 0 Å². The fourth-order valence-electron chi connectivity index (χ4n) is 2.36. The molecule has 1 heterocycles. The number of nitrogens with one attached hydrogen (secondary N) is 2. The van der Waals surface area contributed by atoms with Crippen molar-refractivity contribution in [3.8, 4) is 0 Å². The van der Waals surface area contributed by atoms with Crippen LogP contribution in [0.5, 0.6) is 0 Å². The molecular weight excluding hydrogens is 485 g/mol. The number of anilines is 1. The lowest BCUT2D eigenvalue weighted by atomic mass is 10.2. The zero-order valence-electron chi connectivity index (χ0n) is 17.1. The Morgan fingerprint density at radius 2 is 2.00 bits per heavy atom. The Kier molecular flexibility index (Phi) is 12.1. The first-order chi connectivity index (χ1) is 13.1. The number of benzene rings is 1. The van der Waals surface area contributed by atoms with Gasteiger partial charge in [0, 0.05) is 32.6 Å². The standard InChI is InChI=1S/C20H31N5OS.HI/c1-5-21-19(23-12-18-15-27-20(24-18)25(3)4)22-11-16(2)13-26-14-17-9-7-6-8-10-17;/h6-10,15-16H,5,11-14H2,1-4H3,(H2,21,22,23);1H. The zero-order valence-corrected chi connectivity index (χ0v) is 20.3. The molecule has 0 saturated heterocycles. The molecule has 1 aromatic carbocycles. The molecule has 0 saturated carbocycles. The molecule has 0 amide bonds. The van der Waals surface area contributed by atoms with Crippen molar-refractivity contribution >= 4 is 46.4 Å². The number of nitrogens with zero attached hydrogens (tertiary/aromatic N) is 3.